The number of hydrogen-bond donors (Lipinski definition) is 1. The standard InChI is InChI=1S/C23H19Cl2NO3/c1-15(22(27)26-20-13-18(24)12-19(25)14-20)29-23(28)21(16-8-4-2-5-9-16)17-10-6-3-7-11-17/h2-15,21H,1H3,(H,26,27). The number of nitrogens with one attached hydrogen (secondary N) is 1. The molecule has 0 aliphatic rings. The summed E-state index contributed by atoms with van der Waals surface area (Å²) in [6.07, 6.45) is -1.00. The second-order valence-corrected chi connectivity index (χ2v) is 7.35. The van der Waals surface area contributed by atoms with Crippen LogP contribution in [0.5, 0.6) is 0 Å². The number of halogens is 2. The third-order valence-electron chi connectivity index (χ3n) is 4.29. The van der Waals surface area contributed by atoms with Crippen molar-refractivity contribution in [3.05, 3.63) is 100 Å². The van der Waals surface area contributed by atoms with Crippen molar-refractivity contribution >= 4 is 40.8 Å². The number of rotatable bonds is 6. The smallest absolute Gasteiger partial charge is 0.318 e. The van der Waals surface area contributed by atoms with Gasteiger partial charge in [-0.15, -0.1) is 0 Å². The Hall–Kier alpha value is -2.82. The van der Waals surface area contributed by atoms with Crippen molar-refractivity contribution in [2.24, 2.45) is 0 Å². The van der Waals surface area contributed by atoms with Gasteiger partial charge in [0, 0.05) is 15.7 Å². The minimum atomic E-state index is -1.00. The minimum absolute atomic E-state index is 0.394. The molecule has 0 aliphatic carbocycles. The fraction of sp³-hybridized carbons (Fsp3) is 0.130. The molecule has 1 N–H and O–H groups in total. The van der Waals surface area contributed by atoms with E-state index in [4.69, 9.17) is 27.9 Å². The van der Waals surface area contributed by atoms with Gasteiger partial charge in [0.05, 0.1) is 0 Å². The molecule has 4 nitrogen and oxygen atoms in total. The molecular formula is C23H19Cl2NO3. The van der Waals surface area contributed by atoms with E-state index in [1.54, 1.807) is 18.2 Å². The fourth-order valence-corrected chi connectivity index (χ4v) is 3.45. The average molecular weight is 428 g/mol. The highest BCUT2D eigenvalue weighted by molar-refractivity contribution is 6.35. The predicted molar refractivity (Wildman–Crippen MR) is 115 cm³/mol. The van der Waals surface area contributed by atoms with Gasteiger partial charge in [0.2, 0.25) is 0 Å². The van der Waals surface area contributed by atoms with E-state index >= 15 is 0 Å². The van der Waals surface area contributed by atoms with Gasteiger partial charge in [0.1, 0.15) is 5.92 Å². The van der Waals surface area contributed by atoms with Gasteiger partial charge in [-0.3, -0.25) is 9.59 Å². The maximum atomic E-state index is 13.0. The van der Waals surface area contributed by atoms with E-state index in [0.717, 1.165) is 11.1 Å². The lowest BCUT2D eigenvalue weighted by Crippen LogP contribution is -2.32. The summed E-state index contributed by atoms with van der Waals surface area (Å²) in [5.41, 5.74) is 2.01. The Balaban J connectivity index is 1.76. The Bertz CT molecular complexity index is 934. The monoisotopic (exact) mass is 427 g/mol. The molecule has 0 spiro atoms. The topological polar surface area (TPSA) is 55.4 Å². The first-order valence-corrected chi connectivity index (χ1v) is 9.77. The molecule has 0 bridgehead atoms. The van der Waals surface area contributed by atoms with Crippen molar-refractivity contribution in [1.29, 1.82) is 0 Å². The molecule has 1 unspecified atom stereocenters. The lowest BCUT2D eigenvalue weighted by molar-refractivity contribution is -0.153. The Labute approximate surface area is 179 Å². The molecule has 0 aliphatic heterocycles. The van der Waals surface area contributed by atoms with Crippen molar-refractivity contribution in [2.45, 2.75) is 18.9 Å². The number of amides is 1. The van der Waals surface area contributed by atoms with E-state index in [1.165, 1.54) is 6.92 Å². The minimum Gasteiger partial charge on any atom is -0.452 e. The number of esters is 1. The van der Waals surface area contributed by atoms with Crippen molar-refractivity contribution in [1.82, 2.24) is 0 Å². The molecule has 0 saturated carbocycles. The summed E-state index contributed by atoms with van der Waals surface area (Å²) < 4.78 is 5.50. The Kier molecular flexibility index (Phi) is 6.91. The van der Waals surface area contributed by atoms with E-state index in [-0.39, 0.29) is 0 Å². The number of carbonyl (C=O) groups excluding carboxylic acids is 2. The first kappa shape index (κ1) is 20.9. The lowest BCUT2D eigenvalue weighted by atomic mass is 9.91. The van der Waals surface area contributed by atoms with Gasteiger partial charge in [-0.05, 0) is 36.2 Å². The molecule has 1 atom stereocenters. The van der Waals surface area contributed by atoms with Gasteiger partial charge >= 0.3 is 5.97 Å². The highest BCUT2D eigenvalue weighted by Crippen LogP contribution is 2.27. The van der Waals surface area contributed by atoms with Gasteiger partial charge in [0.25, 0.3) is 5.91 Å². The van der Waals surface area contributed by atoms with Crippen LogP contribution in [0.15, 0.2) is 78.9 Å². The molecule has 0 heterocycles. The van der Waals surface area contributed by atoms with Crippen LogP contribution >= 0.6 is 23.2 Å². The fourth-order valence-electron chi connectivity index (χ4n) is 2.92. The maximum Gasteiger partial charge on any atom is 0.318 e. The van der Waals surface area contributed by atoms with Crippen molar-refractivity contribution in [2.75, 3.05) is 5.32 Å². The SMILES string of the molecule is CC(OC(=O)C(c1ccccc1)c1ccccc1)C(=O)Nc1cc(Cl)cc(Cl)c1. The Morgan fingerprint density at radius 1 is 0.828 bits per heavy atom. The molecule has 1 amide bonds. The van der Waals surface area contributed by atoms with Gasteiger partial charge in [-0.2, -0.15) is 0 Å². The number of carbonyl (C=O) groups is 2. The first-order chi connectivity index (χ1) is 13.9. The molecule has 0 saturated heterocycles. The van der Waals surface area contributed by atoms with Gasteiger partial charge < -0.3 is 10.1 Å². The Morgan fingerprint density at radius 2 is 1.31 bits per heavy atom. The summed E-state index contributed by atoms with van der Waals surface area (Å²) in [4.78, 5) is 25.5. The van der Waals surface area contributed by atoms with E-state index in [9.17, 15) is 9.59 Å². The largest absolute Gasteiger partial charge is 0.452 e. The zero-order chi connectivity index (χ0) is 20.8. The zero-order valence-electron chi connectivity index (χ0n) is 15.6. The van der Waals surface area contributed by atoms with Crippen LogP contribution in [0.1, 0.15) is 24.0 Å². The van der Waals surface area contributed by atoms with Crippen molar-refractivity contribution in [3.8, 4) is 0 Å². The lowest BCUT2D eigenvalue weighted by Gasteiger charge is -2.20. The van der Waals surface area contributed by atoms with Crippen LogP contribution in [0.2, 0.25) is 10.0 Å². The van der Waals surface area contributed by atoms with Crippen molar-refractivity contribution < 1.29 is 14.3 Å². The van der Waals surface area contributed by atoms with Crippen LogP contribution in [0.4, 0.5) is 5.69 Å². The summed E-state index contributed by atoms with van der Waals surface area (Å²) >= 11 is 11.9. The quantitative estimate of drug-likeness (QED) is 0.513. The third-order valence-corrected chi connectivity index (χ3v) is 4.73. The molecule has 3 rings (SSSR count). The maximum absolute atomic E-state index is 13.0. The molecule has 3 aromatic carbocycles. The van der Waals surface area contributed by atoms with Crippen molar-refractivity contribution in [3.63, 3.8) is 0 Å². The second kappa shape index (κ2) is 9.59. The van der Waals surface area contributed by atoms with Crippen LogP contribution in [0.25, 0.3) is 0 Å². The van der Waals surface area contributed by atoms with E-state index in [2.05, 4.69) is 5.32 Å². The van der Waals surface area contributed by atoms with Gasteiger partial charge in [-0.1, -0.05) is 83.9 Å². The van der Waals surface area contributed by atoms with E-state index < -0.39 is 23.9 Å². The molecule has 6 heteroatoms. The van der Waals surface area contributed by atoms with Gasteiger partial charge in [-0.25, -0.2) is 0 Å². The molecule has 148 valence electrons. The van der Waals surface area contributed by atoms with E-state index in [1.807, 2.05) is 60.7 Å². The summed E-state index contributed by atoms with van der Waals surface area (Å²) in [5, 5.41) is 3.45. The van der Waals surface area contributed by atoms with Crippen LogP contribution in [-0.2, 0) is 14.3 Å². The third kappa shape index (κ3) is 5.59. The van der Waals surface area contributed by atoms with Crippen LogP contribution in [0.3, 0.4) is 0 Å². The average Bonchev–Trinajstić information content (AvgIpc) is 2.69. The van der Waals surface area contributed by atoms with Crippen LogP contribution in [0, 0.1) is 0 Å². The first-order valence-electron chi connectivity index (χ1n) is 9.01. The zero-order valence-corrected chi connectivity index (χ0v) is 17.2. The summed E-state index contributed by atoms with van der Waals surface area (Å²) in [7, 11) is 0. The summed E-state index contributed by atoms with van der Waals surface area (Å²) in [6, 6.07) is 23.3. The second-order valence-electron chi connectivity index (χ2n) is 6.48. The normalized spacial score (nSPS) is 11.7. The summed E-state index contributed by atoms with van der Waals surface area (Å²) in [5.74, 6) is -1.61. The molecule has 0 aromatic heterocycles. The number of ether oxygens (including phenoxy) is 1. The number of hydrogen-bond acceptors (Lipinski definition) is 3. The molecule has 0 fully saturated rings. The Morgan fingerprint density at radius 3 is 1.79 bits per heavy atom. The molecule has 3 aromatic rings. The van der Waals surface area contributed by atoms with Gasteiger partial charge in [0.15, 0.2) is 6.10 Å². The highest BCUT2D eigenvalue weighted by Gasteiger charge is 2.27. The van der Waals surface area contributed by atoms with Crippen LogP contribution in [-0.4, -0.2) is 18.0 Å². The molecule has 0 radical (unpaired) electrons. The predicted octanol–water partition coefficient (Wildman–Crippen LogP) is 5.70. The van der Waals surface area contributed by atoms with E-state index in [0.29, 0.717) is 15.7 Å². The highest BCUT2D eigenvalue weighted by atomic mass is 35.5. The van der Waals surface area contributed by atoms with Crippen LogP contribution < -0.4 is 5.32 Å². The number of anilines is 1. The number of benzene rings is 3. The molecule has 29 heavy (non-hydrogen) atoms. The summed E-state index contributed by atoms with van der Waals surface area (Å²) in [6.45, 7) is 1.52. The molecular weight excluding hydrogens is 409 g/mol.